The summed E-state index contributed by atoms with van der Waals surface area (Å²) >= 11 is 1.65. The maximum atomic E-state index is 11.6. The zero-order valence-corrected chi connectivity index (χ0v) is 13.8. The number of thiazole rings is 1. The molecule has 2 N–H and O–H groups in total. The summed E-state index contributed by atoms with van der Waals surface area (Å²) in [6.07, 6.45) is 0. The van der Waals surface area contributed by atoms with Crippen molar-refractivity contribution in [1.82, 2.24) is 4.98 Å². The number of carbonyl (C=O) groups excluding carboxylic acids is 1. The van der Waals surface area contributed by atoms with E-state index in [2.05, 4.69) is 11.1 Å². The van der Waals surface area contributed by atoms with Crippen LogP contribution in [0.2, 0.25) is 0 Å². The molecule has 0 aliphatic carbocycles. The maximum absolute atomic E-state index is 11.6. The number of aromatic nitrogens is 1. The van der Waals surface area contributed by atoms with E-state index < -0.39 is 5.91 Å². The van der Waals surface area contributed by atoms with Gasteiger partial charge in [-0.05, 0) is 41.1 Å². The summed E-state index contributed by atoms with van der Waals surface area (Å²) in [5, 5.41) is 2.87. The largest absolute Gasteiger partial charge is 0.496 e. The van der Waals surface area contributed by atoms with Gasteiger partial charge in [-0.15, -0.1) is 11.3 Å². The highest BCUT2D eigenvalue weighted by atomic mass is 32.1. The molecule has 0 unspecified atom stereocenters. The summed E-state index contributed by atoms with van der Waals surface area (Å²) in [7, 11) is 1.53. The van der Waals surface area contributed by atoms with Gasteiger partial charge in [0.25, 0.3) is 5.91 Å². The van der Waals surface area contributed by atoms with Crippen molar-refractivity contribution in [2.75, 3.05) is 7.11 Å². The van der Waals surface area contributed by atoms with Crippen LogP contribution in [0.15, 0.2) is 54.6 Å². The maximum Gasteiger partial charge on any atom is 0.252 e. The Balaban J connectivity index is 1.89. The third kappa shape index (κ3) is 2.39. The molecule has 4 aromatic rings. The number of methoxy groups -OCH3 is 1. The van der Waals surface area contributed by atoms with E-state index in [0.29, 0.717) is 11.3 Å². The second-order valence-electron chi connectivity index (χ2n) is 5.47. The van der Waals surface area contributed by atoms with E-state index in [-0.39, 0.29) is 0 Å². The predicted molar refractivity (Wildman–Crippen MR) is 97.6 cm³/mol. The fourth-order valence-electron chi connectivity index (χ4n) is 2.77. The van der Waals surface area contributed by atoms with E-state index in [4.69, 9.17) is 10.5 Å². The van der Waals surface area contributed by atoms with Gasteiger partial charge in [0, 0.05) is 5.56 Å². The van der Waals surface area contributed by atoms with Crippen molar-refractivity contribution in [3.05, 3.63) is 60.2 Å². The lowest BCUT2D eigenvalue weighted by Crippen LogP contribution is -2.12. The molecular weight excluding hydrogens is 320 g/mol. The van der Waals surface area contributed by atoms with Gasteiger partial charge in [-0.1, -0.05) is 24.3 Å². The van der Waals surface area contributed by atoms with Crippen molar-refractivity contribution >= 4 is 38.2 Å². The molecule has 0 aliphatic rings. The lowest BCUT2D eigenvalue weighted by molar-refractivity contribution is 0.0997. The number of rotatable bonds is 3. The minimum absolute atomic E-state index is 0.381. The van der Waals surface area contributed by atoms with Gasteiger partial charge in [0.05, 0.1) is 22.9 Å². The van der Waals surface area contributed by atoms with Crippen LogP contribution in [0.5, 0.6) is 5.75 Å². The Kier molecular flexibility index (Phi) is 3.43. The standard InChI is InChI=1S/C19H14N2O2S/c1-23-16-10-11-6-7-12(8-13(11)9-14(16)18(20)22)19-21-15-4-2-3-5-17(15)24-19/h2-10H,1H3,(H2,20,22). The molecule has 1 aromatic heterocycles. The van der Waals surface area contributed by atoms with Crippen molar-refractivity contribution in [3.63, 3.8) is 0 Å². The quantitative estimate of drug-likeness (QED) is 0.610. The first kappa shape index (κ1) is 14.7. The average Bonchev–Trinajstić information content (AvgIpc) is 3.04. The molecule has 1 amide bonds. The summed E-state index contributed by atoms with van der Waals surface area (Å²) < 4.78 is 6.41. The molecule has 0 radical (unpaired) electrons. The number of benzene rings is 3. The number of para-hydroxylation sites is 1. The summed E-state index contributed by atoms with van der Waals surface area (Å²) in [6.45, 7) is 0. The molecule has 4 rings (SSSR count). The van der Waals surface area contributed by atoms with Gasteiger partial charge in [-0.2, -0.15) is 0 Å². The van der Waals surface area contributed by atoms with Gasteiger partial charge in [0.2, 0.25) is 0 Å². The van der Waals surface area contributed by atoms with E-state index in [1.165, 1.54) is 7.11 Å². The highest BCUT2D eigenvalue weighted by Crippen LogP contribution is 2.33. The number of amides is 1. The van der Waals surface area contributed by atoms with Crippen LogP contribution in [0.1, 0.15) is 10.4 Å². The molecule has 0 saturated carbocycles. The molecule has 0 atom stereocenters. The molecule has 0 saturated heterocycles. The Labute approximate surface area is 142 Å². The van der Waals surface area contributed by atoms with E-state index in [1.807, 2.05) is 42.5 Å². The number of nitrogens with two attached hydrogens (primary N) is 1. The number of hydrogen-bond acceptors (Lipinski definition) is 4. The van der Waals surface area contributed by atoms with Crippen LogP contribution in [0.3, 0.4) is 0 Å². The third-order valence-electron chi connectivity index (χ3n) is 3.96. The molecule has 24 heavy (non-hydrogen) atoms. The molecule has 0 fully saturated rings. The lowest BCUT2D eigenvalue weighted by Gasteiger charge is -2.08. The first-order valence-corrected chi connectivity index (χ1v) is 8.25. The SMILES string of the molecule is COc1cc2ccc(-c3nc4ccccc4s3)cc2cc1C(N)=O. The topological polar surface area (TPSA) is 65.2 Å². The number of hydrogen-bond donors (Lipinski definition) is 1. The van der Waals surface area contributed by atoms with Crippen LogP contribution in [0.4, 0.5) is 0 Å². The Hall–Kier alpha value is -2.92. The number of primary amides is 1. The van der Waals surface area contributed by atoms with Gasteiger partial charge < -0.3 is 10.5 Å². The molecule has 118 valence electrons. The Morgan fingerprint density at radius 1 is 1.08 bits per heavy atom. The number of nitrogens with zero attached hydrogens (tertiary/aromatic N) is 1. The van der Waals surface area contributed by atoms with Gasteiger partial charge in [0.15, 0.2) is 0 Å². The fourth-order valence-corrected chi connectivity index (χ4v) is 3.73. The fraction of sp³-hybridized carbons (Fsp3) is 0.0526. The van der Waals surface area contributed by atoms with E-state index >= 15 is 0 Å². The van der Waals surface area contributed by atoms with E-state index in [1.54, 1.807) is 17.4 Å². The third-order valence-corrected chi connectivity index (χ3v) is 5.05. The molecule has 0 spiro atoms. The predicted octanol–water partition coefficient (Wildman–Crippen LogP) is 4.22. The molecule has 3 aromatic carbocycles. The summed E-state index contributed by atoms with van der Waals surface area (Å²) in [6, 6.07) is 17.7. The minimum atomic E-state index is -0.501. The number of carbonyl (C=O) groups is 1. The van der Waals surface area contributed by atoms with Gasteiger partial charge in [-0.3, -0.25) is 4.79 Å². The van der Waals surface area contributed by atoms with Gasteiger partial charge in [0.1, 0.15) is 10.8 Å². The average molecular weight is 334 g/mol. The van der Waals surface area contributed by atoms with Crippen LogP contribution in [0.25, 0.3) is 31.6 Å². The zero-order valence-electron chi connectivity index (χ0n) is 12.9. The molecule has 1 heterocycles. The summed E-state index contributed by atoms with van der Waals surface area (Å²) in [5.74, 6) is -0.0122. The van der Waals surface area contributed by atoms with Crippen LogP contribution < -0.4 is 10.5 Å². The van der Waals surface area contributed by atoms with Gasteiger partial charge >= 0.3 is 0 Å². The van der Waals surface area contributed by atoms with Crippen LogP contribution in [-0.4, -0.2) is 18.0 Å². The Morgan fingerprint density at radius 2 is 1.92 bits per heavy atom. The minimum Gasteiger partial charge on any atom is -0.496 e. The van der Waals surface area contributed by atoms with Crippen molar-refractivity contribution in [3.8, 4) is 16.3 Å². The van der Waals surface area contributed by atoms with Crippen LogP contribution in [0, 0.1) is 0 Å². The normalized spacial score (nSPS) is 11.0. The lowest BCUT2D eigenvalue weighted by atomic mass is 10.0. The number of fused-ring (bicyclic) bond motifs is 2. The molecule has 4 nitrogen and oxygen atoms in total. The molecule has 0 aliphatic heterocycles. The van der Waals surface area contributed by atoms with Crippen molar-refractivity contribution < 1.29 is 9.53 Å². The smallest absolute Gasteiger partial charge is 0.252 e. The van der Waals surface area contributed by atoms with E-state index in [0.717, 1.165) is 31.6 Å². The molecule has 0 bridgehead atoms. The van der Waals surface area contributed by atoms with Crippen molar-refractivity contribution in [2.24, 2.45) is 5.73 Å². The number of ether oxygens (including phenoxy) is 1. The van der Waals surface area contributed by atoms with Gasteiger partial charge in [-0.25, -0.2) is 4.98 Å². The highest BCUT2D eigenvalue weighted by molar-refractivity contribution is 7.21. The van der Waals surface area contributed by atoms with Crippen LogP contribution >= 0.6 is 11.3 Å². The molecule has 5 heteroatoms. The Bertz CT molecular complexity index is 1050. The zero-order chi connectivity index (χ0) is 16.7. The van der Waals surface area contributed by atoms with Crippen LogP contribution in [-0.2, 0) is 0 Å². The first-order valence-electron chi connectivity index (χ1n) is 7.43. The van der Waals surface area contributed by atoms with Crippen molar-refractivity contribution in [1.29, 1.82) is 0 Å². The summed E-state index contributed by atoms with van der Waals surface area (Å²) in [4.78, 5) is 16.3. The van der Waals surface area contributed by atoms with Crippen molar-refractivity contribution in [2.45, 2.75) is 0 Å². The van der Waals surface area contributed by atoms with E-state index in [9.17, 15) is 4.79 Å². The monoisotopic (exact) mass is 334 g/mol. The second kappa shape index (κ2) is 5.62. The molecular formula is C19H14N2O2S. The first-order chi connectivity index (χ1) is 11.7. The second-order valence-corrected chi connectivity index (χ2v) is 6.50. The summed E-state index contributed by atoms with van der Waals surface area (Å²) in [5.41, 5.74) is 7.84. The highest BCUT2D eigenvalue weighted by Gasteiger charge is 2.12. The Morgan fingerprint density at radius 3 is 2.67 bits per heavy atom.